The van der Waals surface area contributed by atoms with E-state index >= 15 is 0 Å². The van der Waals surface area contributed by atoms with Crippen LogP contribution in [0.15, 0.2) is 59.0 Å². The highest BCUT2D eigenvalue weighted by molar-refractivity contribution is 7.80. The molecule has 9 heteroatoms. The van der Waals surface area contributed by atoms with Crippen LogP contribution in [0.25, 0.3) is 17.4 Å². The minimum atomic E-state index is -0.405. The summed E-state index contributed by atoms with van der Waals surface area (Å²) >= 11 is 17.3. The molecule has 0 saturated carbocycles. The van der Waals surface area contributed by atoms with E-state index in [1.54, 1.807) is 48.5 Å². The van der Waals surface area contributed by atoms with Crippen molar-refractivity contribution in [2.75, 3.05) is 18.5 Å². The Balaban J connectivity index is 1.34. The van der Waals surface area contributed by atoms with Gasteiger partial charge in [-0.15, -0.1) is 0 Å². The Morgan fingerprint density at radius 2 is 1.81 bits per heavy atom. The summed E-state index contributed by atoms with van der Waals surface area (Å²) in [6.45, 7) is 1.01. The number of amides is 1. The second-order valence-electron chi connectivity index (χ2n) is 6.46. The van der Waals surface area contributed by atoms with Crippen molar-refractivity contribution in [1.82, 2.24) is 5.32 Å². The molecule has 2 aromatic carbocycles. The number of anilines is 1. The molecule has 1 amide bonds. The van der Waals surface area contributed by atoms with E-state index in [0.717, 1.165) is 0 Å². The number of carbonyl (C=O) groups excluding carboxylic acids is 1. The zero-order valence-corrected chi connectivity index (χ0v) is 18.3. The van der Waals surface area contributed by atoms with Gasteiger partial charge in [-0.25, -0.2) is 0 Å². The number of thiocarbonyl (C=S) groups is 1. The summed E-state index contributed by atoms with van der Waals surface area (Å²) in [7, 11) is 0. The summed E-state index contributed by atoms with van der Waals surface area (Å²) in [5.41, 5.74) is 1.38. The van der Waals surface area contributed by atoms with Gasteiger partial charge < -0.3 is 19.2 Å². The van der Waals surface area contributed by atoms with Crippen molar-refractivity contribution in [1.29, 1.82) is 0 Å². The summed E-state index contributed by atoms with van der Waals surface area (Å²) in [6.07, 6.45) is 2.86. The number of rotatable bonds is 4. The molecule has 0 saturated heterocycles. The zero-order valence-electron chi connectivity index (χ0n) is 16.0. The predicted octanol–water partition coefficient (Wildman–Crippen LogP) is 5.55. The van der Waals surface area contributed by atoms with Crippen molar-refractivity contribution in [2.45, 2.75) is 0 Å². The summed E-state index contributed by atoms with van der Waals surface area (Å²) in [5, 5.41) is 6.69. The Morgan fingerprint density at radius 1 is 1.00 bits per heavy atom. The quantitative estimate of drug-likeness (QED) is 0.381. The lowest BCUT2D eigenvalue weighted by Crippen LogP contribution is -2.32. The van der Waals surface area contributed by atoms with Gasteiger partial charge >= 0.3 is 0 Å². The van der Waals surface area contributed by atoms with Gasteiger partial charge in [0.1, 0.15) is 24.7 Å². The van der Waals surface area contributed by atoms with Gasteiger partial charge in [-0.1, -0.05) is 23.2 Å². The fourth-order valence-corrected chi connectivity index (χ4v) is 3.59. The van der Waals surface area contributed by atoms with E-state index in [1.165, 1.54) is 12.2 Å². The first kappa shape index (κ1) is 21.2. The molecule has 2 heterocycles. The molecular formula is C22H16Cl2N2O4S. The maximum atomic E-state index is 12.2. The lowest BCUT2D eigenvalue weighted by Gasteiger charge is -2.19. The van der Waals surface area contributed by atoms with Crippen molar-refractivity contribution < 1.29 is 18.7 Å². The second kappa shape index (κ2) is 9.43. The van der Waals surface area contributed by atoms with E-state index in [0.29, 0.717) is 57.5 Å². The van der Waals surface area contributed by atoms with E-state index in [9.17, 15) is 4.79 Å². The number of furan rings is 1. The highest BCUT2D eigenvalue weighted by atomic mass is 35.5. The van der Waals surface area contributed by atoms with Crippen LogP contribution in [0, 0.1) is 0 Å². The Hall–Kier alpha value is -3.00. The van der Waals surface area contributed by atoms with Crippen molar-refractivity contribution >= 4 is 58.2 Å². The molecule has 0 radical (unpaired) electrons. The highest BCUT2D eigenvalue weighted by Crippen LogP contribution is 2.33. The molecule has 1 aromatic heterocycles. The topological polar surface area (TPSA) is 72.7 Å². The third kappa shape index (κ3) is 5.38. The molecule has 0 atom stereocenters. The first-order valence-corrected chi connectivity index (χ1v) is 10.4. The van der Waals surface area contributed by atoms with Crippen LogP contribution in [0.2, 0.25) is 10.0 Å². The Morgan fingerprint density at radius 3 is 2.61 bits per heavy atom. The molecule has 2 N–H and O–H groups in total. The molecule has 31 heavy (non-hydrogen) atoms. The average molecular weight is 475 g/mol. The molecule has 1 aliphatic rings. The number of benzene rings is 2. The third-order valence-corrected chi connectivity index (χ3v) is 5.01. The number of carbonyl (C=O) groups is 1. The molecule has 158 valence electrons. The Bertz CT molecular complexity index is 1180. The van der Waals surface area contributed by atoms with Crippen molar-refractivity contribution in [3.8, 4) is 22.8 Å². The first-order chi connectivity index (χ1) is 15.0. The molecule has 0 unspecified atom stereocenters. The SMILES string of the molecule is O=C(/C=C/c1ccc(-c2ccc(Cl)cc2Cl)o1)NC(=S)Nc1ccc2c(c1)OCCO2. The van der Waals surface area contributed by atoms with E-state index in [4.69, 9.17) is 49.3 Å². The minimum Gasteiger partial charge on any atom is -0.486 e. The number of ether oxygens (including phenoxy) is 2. The Kier molecular flexibility index (Phi) is 6.46. The van der Waals surface area contributed by atoms with Crippen LogP contribution in [0.3, 0.4) is 0 Å². The lowest BCUT2D eigenvalue weighted by atomic mass is 10.2. The largest absolute Gasteiger partial charge is 0.486 e. The van der Waals surface area contributed by atoms with E-state index < -0.39 is 5.91 Å². The van der Waals surface area contributed by atoms with Gasteiger partial charge in [0.05, 0.1) is 5.02 Å². The number of hydrogen-bond donors (Lipinski definition) is 2. The van der Waals surface area contributed by atoms with Gasteiger partial charge in [-0.05, 0) is 60.8 Å². The van der Waals surface area contributed by atoms with Crippen molar-refractivity contribution in [2.24, 2.45) is 0 Å². The first-order valence-electron chi connectivity index (χ1n) is 9.23. The molecule has 4 rings (SSSR count). The summed E-state index contributed by atoms with van der Waals surface area (Å²) in [4.78, 5) is 12.2. The summed E-state index contributed by atoms with van der Waals surface area (Å²) in [6, 6.07) is 14.0. The van der Waals surface area contributed by atoms with E-state index in [-0.39, 0.29) is 5.11 Å². The van der Waals surface area contributed by atoms with Crippen LogP contribution in [-0.4, -0.2) is 24.2 Å². The van der Waals surface area contributed by atoms with Crippen LogP contribution in [0.1, 0.15) is 5.76 Å². The average Bonchev–Trinajstić information content (AvgIpc) is 3.21. The molecule has 0 bridgehead atoms. The third-order valence-electron chi connectivity index (χ3n) is 4.26. The predicted molar refractivity (Wildman–Crippen MR) is 125 cm³/mol. The van der Waals surface area contributed by atoms with E-state index in [2.05, 4.69) is 10.6 Å². The number of halogens is 2. The minimum absolute atomic E-state index is 0.152. The van der Waals surface area contributed by atoms with Crippen LogP contribution in [0.5, 0.6) is 11.5 Å². The second-order valence-corrected chi connectivity index (χ2v) is 7.71. The summed E-state index contributed by atoms with van der Waals surface area (Å²) in [5.74, 6) is 1.95. The van der Waals surface area contributed by atoms with Gasteiger partial charge in [0.15, 0.2) is 16.6 Å². The van der Waals surface area contributed by atoms with Crippen molar-refractivity contribution in [3.63, 3.8) is 0 Å². The molecule has 3 aromatic rings. The molecule has 0 fully saturated rings. The molecule has 6 nitrogen and oxygen atoms in total. The van der Waals surface area contributed by atoms with E-state index in [1.807, 2.05) is 0 Å². The molecule has 0 aliphatic carbocycles. The van der Waals surface area contributed by atoms with Crippen LogP contribution in [-0.2, 0) is 4.79 Å². The lowest BCUT2D eigenvalue weighted by molar-refractivity contribution is -0.115. The van der Waals surface area contributed by atoms with Gasteiger partial charge in [-0.2, -0.15) is 0 Å². The van der Waals surface area contributed by atoms with Crippen LogP contribution in [0.4, 0.5) is 5.69 Å². The summed E-state index contributed by atoms with van der Waals surface area (Å²) < 4.78 is 16.7. The molecule has 0 spiro atoms. The molecular weight excluding hydrogens is 459 g/mol. The van der Waals surface area contributed by atoms with Crippen LogP contribution < -0.4 is 20.1 Å². The van der Waals surface area contributed by atoms with Gasteiger partial charge in [-0.3, -0.25) is 10.1 Å². The normalized spacial score (nSPS) is 12.6. The standard InChI is InChI=1S/C22H16Cl2N2O4S/c23-13-1-5-16(17(24)11-13)18-7-3-15(30-18)4-8-21(27)26-22(31)25-14-2-6-19-20(12-14)29-10-9-28-19/h1-8,11-12H,9-10H2,(H2,25,26,27,31)/b8-4+. The van der Waals surface area contributed by atoms with Crippen molar-refractivity contribution in [3.05, 3.63) is 70.4 Å². The number of hydrogen-bond acceptors (Lipinski definition) is 5. The Labute approximate surface area is 193 Å². The zero-order chi connectivity index (χ0) is 21.8. The maximum Gasteiger partial charge on any atom is 0.250 e. The highest BCUT2D eigenvalue weighted by Gasteiger charge is 2.13. The monoisotopic (exact) mass is 474 g/mol. The maximum absolute atomic E-state index is 12.2. The molecule has 1 aliphatic heterocycles. The van der Waals surface area contributed by atoms with Gasteiger partial charge in [0, 0.05) is 28.4 Å². The fraction of sp³-hybridized carbons (Fsp3) is 0.0909. The fourth-order valence-electron chi connectivity index (χ4n) is 2.87. The smallest absolute Gasteiger partial charge is 0.250 e. The number of nitrogens with one attached hydrogen (secondary N) is 2. The number of fused-ring (bicyclic) bond motifs is 1. The van der Waals surface area contributed by atoms with Gasteiger partial charge in [0.25, 0.3) is 0 Å². The van der Waals surface area contributed by atoms with Gasteiger partial charge in [0.2, 0.25) is 5.91 Å². The van der Waals surface area contributed by atoms with Crippen LogP contribution >= 0.6 is 35.4 Å².